The van der Waals surface area contributed by atoms with E-state index in [4.69, 9.17) is 0 Å². The van der Waals surface area contributed by atoms with E-state index in [1.165, 1.54) is 7.11 Å². The Hall–Kier alpha value is -1.10. The van der Waals surface area contributed by atoms with Gasteiger partial charge in [-0.2, -0.15) is 0 Å². The van der Waals surface area contributed by atoms with Gasteiger partial charge in [-0.3, -0.25) is 4.79 Å². The number of hydrogen-bond acceptors (Lipinski definition) is 5. The van der Waals surface area contributed by atoms with Crippen LogP contribution in [0.25, 0.3) is 0 Å². The standard InChI is InChI=1S/C11H18N2O2S/c1-4-6-13(7-10(14)15-3)11-12-9(5-2)8-16-11/h8H,4-7H2,1-3H3. The first-order valence-electron chi connectivity index (χ1n) is 5.47. The van der Waals surface area contributed by atoms with Gasteiger partial charge in [0.05, 0.1) is 12.8 Å². The van der Waals surface area contributed by atoms with Gasteiger partial charge in [0.1, 0.15) is 6.54 Å². The van der Waals surface area contributed by atoms with Crippen LogP contribution in [0.1, 0.15) is 26.0 Å². The maximum atomic E-state index is 11.3. The molecule has 0 aromatic carbocycles. The first-order chi connectivity index (χ1) is 7.71. The fourth-order valence-corrected chi connectivity index (χ4v) is 2.27. The molecule has 0 amide bonds. The number of aromatic nitrogens is 1. The van der Waals surface area contributed by atoms with Crippen LogP contribution in [0.5, 0.6) is 0 Å². The minimum Gasteiger partial charge on any atom is -0.468 e. The van der Waals surface area contributed by atoms with E-state index in [9.17, 15) is 4.79 Å². The van der Waals surface area contributed by atoms with Crippen LogP contribution >= 0.6 is 11.3 Å². The predicted molar refractivity (Wildman–Crippen MR) is 66.0 cm³/mol. The summed E-state index contributed by atoms with van der Waals surface area (Å²) < 4.78 is 4.68. The Labute approximate surface area is 100 Å². The quantitative estimate of drug-likeness (QED) is 0.716. The molecule has 1 heterocycles. The number of ether oxygens (including phenoxy) is 1. The Morgan fingerprint density at radius 2 is 2.31 bits per heavy atom. The van der Waals surface area contributed by atoms with E-state index in [-0.39, 0.29) is 12.5 Å². The Kier molecular flexibility index (Phi) is 5.25. The van der Waals surface area contributed by atoms with Crippen LogP contribution in [0.4, 0.5) is 5.13 Å². The minimum atomic E-state index is -0.221. The van der Waals surface area contributed by atoms with E-state index in [0.29, 0.717) is 0 Å². The smallest absolute Gasteiger partial charge is 0.325 e. The van der Waals surface area contributed by atoms with Crippen molar-refractivity contribution >= 4 is 22.4 Å². The average Bonchev–Trinajstić information content (AvgIpc) is 2.76. The zero-order valence-electron chi connectivity index (χ0n) is 10.0. The first-order valence-corrected chi connectivity index (χ1v) is 6.35. The topological polar surface area (TPSA) is 42.4 Å². The summed E-state index contributed by atoms with van der Waals surface area (Å²) in [6.07, 6.45) is 1.91. The fourth-order valence-electron chi connectivity index (χ4n) is 1.34. The molecule has 0 N–H and O–H groups in total. The summed E-state index contributed by atoms with van der Waals surface area (Å²) in [7, 11) is 1.41. The van der Waals surface area contributed by atoms with Gasteiger partial charge in [-0.25, -0.2) is 4.98 Å². The lowest BCUT2D eigenvalue weighted by Gasteiger charge is -2.19. The van der Waals surface area contributed by atoms with Crippen molar-refractivity contribution in [1.29, 1.82) is 0 Å². The molecule has 0 unspecified atom stereocenters. The van der Waals surface area contributed by atoms with Gasteiger partial charge in [0.25, 0.3) is 0 Å². The summed E-state index contributed by atoms with van der Waals surface area (Å²) in [4.78, 5) is 17.7. The number of anilines is 1. The van der Waals surface area contributed by atoms with Gasteiger partial charge in [0.2, 0.25) is 0 Å². The van der Waals surface area contributed by atoms with Gasteiger partial charge < -0.3 is 9.64 Å². The summed E-state index contributed by atoms with van der Waals surface area (Å²) in [5, 5.41) is 2.94. The van der Waals surface area contributed by atoms with Crippen LogP contribution in [-0.2, 0) is 16.0 Å². The Morgan fingerprint density at radius 1 is 1.56 bits per heavy atom. The van der Waals surface area contributed by atoms with Crippen LogP contribution in [0, 0.1) is 0 Å². The maximum Gasteiger partial charge on any atom is 0.325 e. The molecule has 0 saturated heterocycles. The van der Waals surface area contributed by atoms with Crippen molar-refractivity contribution in [1.82, 2.24) is 4.98 Å². The number of rotatable bonds is 6. The molecule has 0 fully saturated rings. The molecule has 0 aliphatic heterocycles. The van der Waals surface area contributed by atoms with E-state index < -0.39 is 0 Å². The largest absolute Gasteiger partial charge is 0.468 e. The zero-order valence-corrected chi connectivity index (χ0v) is 10.8. The molecule has 0 spiro atoms. The second-order valence-corrected chi connectivity index (χ2v) is 4.31. The highest BCUT2D eigenvalue weighted by molar-refractivity contribution is 7.13. The molecule has 0 aliphatic carbocycles. The summed E-state index contributed by atoms with van der Waals surface area (Å²) in [5.74, 6) is -0.221. The summed E-state index contributed by atoms with van der Waals surface area (Å²) in [5.41, 5.74) is 1.07. The van der Waals surface area contributed by atoms with Crippen LogP contribution in [0.15, 0.2) is 5.38 Å². The van der Waals surface area contributed by atoms with Crippen molar-refractivity contribution in [3.8, 4) is 0 Å². The van der Waals surface area contributed by atoms with Crippen molar-refractivity contribution in [2.45, 2.75) is 26.7 Å². The van der Waals surface area contributed by atoms with Crippen LogP contribution in [0.2, 0.25) is 0 Å². The highest BCUT2D eigenvalue weighted by atomic mass is 32.1. The van der Waals surface area contributed by atoms with Crippen molar-refractivity contribution in [3.05, 3.63) is 11.1 Å². The second-order valence-electron chi connectivity index (χ2n) is 3.47. The zero-order chi connectivity index (χ0) is 12.0. The number of nitrogens with zero attached hydrogens (tertiary/aromatic N) is 2. The van der Waals surface area contributed by atoms with Gasteiger partial charge >= 0.3 is 5.97 Å². The third-order valence-electron chi connectivity index (χ3n) is 2.21. The summed E-state index contributed by atoms with van der Waals surface area (Å²) in [6, 6.07) is 0. The predicted octanol–water partition coefficient (Wildman–Crippen LogP) is 2.09. The molecular formula is C11H18N2O2S. The number of thiazole rings is 1. The highest BCUT2D eigenvalue weighted by Crippen LogP contribution is 2.20. The number of methoxy groups -OCH3 is 1. The Morgan fingerprint density at radius 3 is 2.81 bits per heavy atom. The molecule has 4 nitrogen and oxygen atoms in total. The average molecular weight is 242 g/mol. The first kappa shape index (κ1) is 13.0. The summed E-state index contributed by atoms with van der Waals surface area (Å²) >= 11 is 1.58. The number of hydrogen-bond donors (Lipinski definition) is 0. The van der Waals surface area contributed by atoms with Gasteiger partial charge in [0, 0.05) is 11.9 Å². The van der Waals surface area contributed by atoms with E-state index in [0.717, 1.165) is 30.2 Å². The summed E-state index contributed by atoms with van der Waals surface area (Å²) in [6.45, 7) is 5.26. The van der Waals surface area contributed by atoms with E-state index >= 15 is 0 Å². The van der Waals surface area contributed by atoms with Crippen molar-refractivity contribution < 1.29 is 9.53 Å². The monoisotopic (exact) mass is 242 g/mol. The fraction of sp³-hybridized carbons (Fsp3) is 0.636. The molecule has 0 bridgehead atoms. The lowest BCUT2D eigenvalue weighted by molar-refractivity contribution is -0.138. The highest BCUT2D eigenvalue weighted by Gasteiger charge is 2.14. The molecule has 5 heteroatoms. The maximum absolute atomic E-state index is 11.3. The third-order valence-corrected chi connectivity index (χ3v) is 3.16. The molecule has 90 valence electrons. The number of carbonyl (C=O) groups is 1. The minimum absolute atomic E-state index is 0.221. The molecule has 0 aliphatic rings. The van der Waals surface area contributed by atoms with Crippen LogP contribution < -0.4 is 4.90 Å². The third kappa shape index (κ3) is 3.48. The lowest BCUT2D eigenvalue weighted by atomic mass is 10.4. The van der Waals surface area contributed by atoms with E-state index in [1.54, 1.807) is 11.3 Å². The SMILES string of the molecule is CCCN(CC(=O)OC)c1nc(CC)cs1. The van der Waals surface area contributed by atoms with Crippen LogP contribution in [0.3, 0.4) is 0 Å². The molecule has 16 heavy (non-hydrogen) atoms. The number of carbonyl (C=O) groups excluding carboxylic acids is 1. The van der Waals surface area contributed by atoms with Crippen molar-refractivity contribution in [2.24, 2.45) is 0 Å². The van der Waals surface area contributed by atoms with Crippen LogP contribution in [-0.4, -0.2) is 31.2 Å². The van der Waals surface area contributed by atoms with Crippen molar-refractivity contribution in [2.75, 3.05) is 25.1 Å². The van der Waals surface area contributed by atoms with Gasteiger partial charge in [-0.15, -0.1) is 11.3 Å². The van der Waals surface area contributed by atoms with Gasteiger partial charge in [-0.1, -0.05) is 13.8 Å². The molecule has 0 saturated carbocycles. The molecule has 1 aromatic heterocycles. The van der Waals surface area contributed by atoms with Gasteiger partial charge in [0.15, 0.2) is 5.13 Å². The van der Waals surface area contributed by atoms with Gasteiger partial charge in [-0.05, 0) is 12.8 Å². The second kappa shape index (κ2) is 6.48. The molecule has 1 rings (SSSR count). The lowest BCUT2D eigenvalue weighted by Crippen LogP contribution is -2.31. The normalized spacial score (nSPS) is 10.2. The number of aryl methyl sites for hydroxylation is 1. The van der Waals surface area contributed by atoms with Crippen molar-refractivity contribution in [3.63, 3.8) is 0 Å². The Bertz CT molecular complexity index is 338. The molecule has 1 aromatic rings. The molecule has 0 atom stereocenters. The molecule has 0 radical (unpaired) electrons. The van der Waals surface area contributed by atoms with E-state index in [2.05, 4.69) is 23.6 Å². The van der Waals surface area contributed by atoms with E-state index in [1.807, 2.05) is 10.3 Å². The Balaban J connectivity index is 2.71. The number of esters is 1. The molecular weight excluding hydrogens is 224 g/mol.